The van der Waals surface area contributed by atoms with Crippen LogP contribution in [0.4, 0.5) is 5.82 Å². The third-order valence-corrected chi connectivity index (χ3v) is 9.03. The molecule has 4 aromatic rings. The van der Waals surface area contributed by atoms with Gasteiger partial charge in [-0.15, -0.1) is 0 Å². The molecule has 2 unspecified atom stereocenters. The van der Waals surface area contributed by atoms with Crippen molar-refractivity contribution in [1.82, 2.24) is 14.5 Å². The van der Waals surface area contributed by atoms with Gasteiger partial charge in [-0.05, 0) is 67.1 Å². The predicted octanol–water partition coefficient (Wildman–Crippen LogP) is 5.64. The minimum absolute atomic E-state index is 0.122. The van der Waals surface area contributed by atoms with E-state index in [2.05, 4.69) is 31.7 Å². The molecule has 0 aliphatic carbocycles. The van der Waals surface area contributed by atoms with E-state index in [9.17, 15) is 4.79 Å². The Balaban J connectivity index is 0.000000908. The van der Waals surface area contributed by atoms with Crippen molar-refractivity contribution in [2.75, 3.05) is 54.7 Å². The van der Waals surface area contributed by atoms with Crippen LogP contribution < -0.4 is 15.2 Å². The van der Waals surface area contributed by atoms with Gasteiger partial charge in [-0.2, -0.15) is 4.98 Å². The molecule has 3 heterocycles. The number of aryl methyl sites for hydroxylation is 1. The van der Waals surface area contributed by atoms with E-state index in [1.807, 2.05) is 86.9 Å². The number of aliphatic hydroxyl groups excluding tert-OH is 1. The monoisotopic (exact) mass is 684 g/mol. The first-order chi connectivity index (χ1) is 24.3. The molecule has 266 valence electrons. The molecule has 1 N–H and O–H groups in total. The molecule has 0 bridgehead atoms. The minimum atomic E-state index is -0.940. The van der Waals surface area contributed by atoms with Crippen LogP contribution in [0, 0.1) is 6.92 Å². The number of hydrogen-bond acceptors (Lipinski definition) is 9. The van der Waals surface area contributed by atoms with Gasteiger partial charge in [-0.25, -0.2) is 9.79 Å². The van der Waals surface area contributed by atoms with Crippen molar-refractivity contribution >= 4 is 11.7 Å². The highest BCUT2D eigenvalue weighted by molar-refractivity contribution is 5.86. The molecular weight excluding hydrogens is 636 g/mol. The Kier molecular flexibility index (Phi) is 12.8. The molecule has 50 heavy (non-hydrogen) atoms. The number of rotatable bonds is 12. The third-order valence-electron chi connectivity index (χ3n) is 9.03. The summed E-state index contributed by atoms with van der Waals surface area (Å²) in [6, 6.07) is 26.1. The zero-order chi connectivity index (χ0) is 35.5. The first kappa shape index (κ1) is 36.7. The number of amidine groups is 1. The van der Waals surface area contributed by atoms with Crippen molar-refractivity contribution in [2.45, 2.75) is 50.5 Å². The fourth-order valence-electron chi connectivity index (χ4n) is 6.33. The highest BCUT2D eigenvalue weighted by Gasteiger charge is 2.40. The van der Waals surface area contributed by atoms with Gasteiger partial charge >= 0.3 is 5.69 Å². The number of benzene rings is 3. The maximum Gasteiger partial charge on any atom is 0.351 e. The van der Waals surface area contributed by atoms with E-state index >= 15 is 0 Å². The fraction of sp³-hybridized carbons (Fsp3) is 0.410. The lowest BCUT2D eigenvalue weighted by Gasteiger charge is -2.37. The van der Waals surface area contributed by atoms with Gasteiger partial charge in [-0.1, -0.05) is 54.6 Å². The minimum Gasteiger partial charge on any atom is -0.497 e. The van der Waals surface area contributed by atoms with Gasteiger partial charge in [0.1, 0.15) is 29.2 Å². The van der Waals surface area contributed by atoms with E-state index in [-0.39, 0.29) is 18.4 Å². The number of aliphatic imine (C=N–C) groups is 1. The van der Waals surface area contributed by atoms with Crippen LogP contribution in [0.25, 0.3) is 0 Å². The van der Waals surface area contributed by atoms with Crippen molar-refractivity contribution in [3.05, 3.63) is 118 Å². The molecule has 2 fully saturated rings. The van der Waals surface area contributed by atoms with Crippen LogP contribution >= 0.6 is 0 Å². The van der Waals surface area contributed by atoms with Crippen molar-refractivity contribution < 1.29 is 28.8 Å². The largest absolute Gasteiger partial charge is 0.497 e. The van der Waals surface area contributed by atoms with E-state index in [0.29, 0.717) is 25.5 Å². The maximum atomic E-state index is 13.2. The standard InChI is InChI=1S/C36H40N4O5.C3H8O2/c1-25-23-40(35(41)38-34(25)37-32-11-8-22-39(32)2)33-21-20-31(45-33)24-44-36(26-9-6-5-7-10-26,27-12-16-29(42-3)17-13-27)28-14-18-30(43-4)19-15-28;1-5-3-2-4/h5-7,9-10,12-19,23,31,33H,8,11,20-22,24H2,1-4H3;4H,2-3H2,1H3. The Morgan fingerprint density at radius 3 is 2.06 bits per heavy atom. The third kappa shape index (κ3) is 8.42. The van der Waals surface area contributed by atoms with Crippen molar-refractivity contribution in [2.24, 2.45) is 4.99 Å². The van der Waals surface area contributed by atoms with E-state index < -0.39 is 11.8 Å². The zero-order valence-corrected chi connectivity index (χ0v) is 29.6. The van der Waals surface area contributed by atoms with Crippen LogP contribution in [0.5, 0.6) is 11.5 Å². The average Bonchev–Trinajstić information content (AvgIpc) is 3.80. The molecule has 0 amide bonds. The number of nitrogens with zero attached hydrogens (tertiary/aromatic N) is 4. The molecule has 2 aliphatic heterocycles. The summed E-state index contributed by atoms with van der Waals surface area (Å²) >= 11 is 0. The lowest BCUT2D eigenvalue weighted by atomic mass is 9.80. The number of likely N-dealkylation sites (tertiary alicyclic amines) is 1. The first-order valence-corrected chi connectivity index (χ1v) is 16.9. The summed E-state index contributed by atoms with van der Waals surface area (Å²) in [5.74, 6) is 2.97. The van der Waals surface area contributed by atoms with Gasteiger partial charge in [0, 0.05) is 38.9 Å². The summed E-state index contributed by atoms with van der Waals surface area (Å²) in [7, 11) is 6.89. The van der Waals surface area contributed by atoms with Gasteiger partial charge in [0.15, 0.2) is 5.82 Å². The summed E-state index contributed by atoms with van der Waals surface area (Å²) in [5, 5.41) is 7.94. The van der Waals surface area contributed by atoms with Crippen LogP contribution in [-0.4, -0.2) is 86.2 Å². The summed E-state index contributed by atoms with van der Waals surface area (Å²) < 4.78 is 30.4. The smallest absolute Gasteiger partial charge is 0.351 e. The fourth-order valence-corrected chi connectivity index (χ4v) is 6.33. The van der Waals surface area contributed by atoms with E-state index in [1.165, 1.54) is 0 Å². The topological polar surface area (TPSA) is 117 Å². The molecule has 6 rings (SSSR count). The van der Waals surface area contributed by atoms with E-state index in [0.717, 1.165) is 65.4 Å². The summed E-state index contributed by atoms with van der Waals surface area (Å²) in [5.41, 5.74) is 2.43. The molecule has 0 saturated carbocycles. The SMILES string of the molecule is COCCO.COc1ccc(C(OCC2CCC(n3cc(C)c(N=C4CCCN4C)nc3=O)O2)(c2ccccc2)c2ccc(OC)cc2)cc1. The Morgan fingerprint density at radius 2 is 1.54 bits per heavy atom. The average molecular weight is 685 g/mol. The summed E-state index contributed by atoms with van der Waals surface area (Å²) in [6.07, 6.45) is 4.53. The molecule has 3 aromatic carbocycles. The first-order valence-electron chi connectivity index (χ1n) is 16.9. The molecule has 11 heteroatoms. The van der Waals surface area contributed by atoms with Gasteiger partial charge < -0.3 is 33.7 Å². The van der Waals surface area contributed by atoms with Crippen LogP contribution in [-0.2, 0) is 19.8 Å². The molecule has 2 aliphatic rings. The molecule has 0 spiro atoms. The summed E-state index contributed by atoms with van der Waals surface area (Å²) in [4.78, 5) is 24.3. The van der Waals surface area contributed by atoms with Crippen molar-refractivity contribution in [3.8, 4) is 11.5 Å². The molecule has 11 nitrogen and oxygen atoms in total. The molecule has 1 aromatic heterocycles. The highest BCUT2D eigenvalue weighted by atomic mass is 16.6. The molecule has 2 saturated heterocycles. The normalized spacial score (nSPS) is 18.2. The van der Waals surface area contributed by atoms with E-state index in [4.69, 9.17) is 24.1 Å². The van der Waals surface area contributed by atoms with Crippen LogP contribution in [0.2, 0.25) is 0 Å². The quantitative estimate of drug-likeness (QED) is 0.190. The second-order valence-corrected chi connectivity index (χ2v) is 12.3. The zero-order valence-electron chi connectivity index (χ0n) is 29.6. The van der Waals surface area contributed by atoms with Gasteiger partial charge in [0.2, 0.25) is 0 Å². The summed E-state index contributed by atoms with van der Waals surface area (Å²) in [6.45, 7) is 3.78. The van der Waals surface area contributed by atoms with Crippen LogP contribution in [0.15, 0.2) is 94.8 Å². The second-order valence-electron chi connectivity index (χ2n) is 12.3. The van der Waals surface area contributed by atoms with Gasteiger partial charge in [-0.3, -0.25) is 4.57 Å². The van der Waals surface area contributed by atoms with E-state index in [1.54, 1.807) is 25.9 Å². The second kappa shape index (κ2) is 17.4. The Morgan fingerprint density at radius 1 is 0.920 bits per heavy atom. The number of methoxy groups -OCH3 is 3. The van der Waals surface area contributed by atoms with Gasteiger partial charge in [0.25, 0.3) is 0 Å². The van der Waals surface area contributed by atoms with Crippen LogP contribution in [0.3, 0.4) is 0 Å². The Labute approximate surface area is 294 Å². The molecular formula is C39H48N4O7. The highest BCUT2D eigenvalue weighted by Crippen LogP contribution is 2.42. The maximum absolute atomic E-state index is 13.2. The van der Waals surface area contributed by atoms with Crippen LogP contribution in [0.1, 0.15) is 54.2 Å². The lowest BCUT2D eigenvalue weighted by molar-refractivity contribution is -0.0774. The Hall–Kier alpha value is -4.55. The Bertz CT molecular complexity index is 1690. The number of aromatic nitrogens is 2. The van der Waals surface area contributed by atoms with Crippen molar-refractivity contribution in [3.63, 3.8) is 0 Å². The predicted molar refractivity (Wildman–Crippen MR) is 193 cm³/mol. The molecule has 2 atom stereocenters. The number of aliphatic hydroxyl groups is 1. The number of hydrogen-bond donors (Lipinski definition) is 1. The van der Waals surface area contributed by atoms with Crippen molar-refractivity contribution in [1.29, 1.82) is 0 Å². The van der Waals surface area contributed by atoms with Gasteiger partial charge in [0.05, 0.1) is 40.1 Å². The molecule has 0 radical (unpaired) electrons. The number of ether oxygens (including phenoxy) is 5. The lowest BCUT2D eigenvalue weighted by Crippen LogP contribution is -2.36.